The third kappa shape index (κ3) is 3.95. The molecular weight excluding hydrogens is 226 g/mol. The van der Waals surface area contributed by atoms with Crippen LogP contribution in [0.1, 0.15) is 24.5 Å². The summed E-state index contributed by atoms with van der Waals surface area (Å²) in [5, 5.41) is 21.9. The number of nitrogens with one attached hydrogen (secondary N) is 1. The molecule has 0 radical (unpaired) electrons. The first-order chi connectivity index (χ1) is 8.69. The second kappa shape index (κ2) is 7.31. The highest BCUT2D eigenvalue weighted by atomic mass is 16.3. The first-order valence-electron chi connectivity index (χ1n) is 6.33. The lowest BCUT2D eigenvalue weighted by molar-refractivity contribution is 0.0508. The molecule has 0 saturated heterocycles. The highest BCUT2D eigenvalue weighted by molar-refractivity contribution is 5.47. The van der Waals surface area contributed by atoms with E-state index in [9.17, 15) is 10.2 Å². The molecule has 3 heteroatoms. The minimum Gasteiger partial charge on any atom is -0.396 e. The molecule has 0 heterocycles. The van der Waals surface area contributed by atoms with E-state index in [4.69, 9.17) is 0 Å². The van der Waals surface area contributed by atoms with E-state index in [0.717, 1.165) is 18.5 Å². The van der Waals surface area contributed by atoms with Crippen LogP contribution in [0.4, 0.5) is 0 Å². The lowest BCUT2D eigenvalue weighted by Crippen LogP contribution is -2.39. The van der Waals surface area contributed by atoms with Crippen molar-refractivity contribution in [3.8, 4) is 0 Å². The van der Waals surface area contributed by atoms with Gasteiger partial charge >= 0.3 is 0 Å². The zero-order chi connectivity index (χ0) is 13.4. The van der Waals surface area contributed by atoms with Crippen molar-refractivity contribution in [3.05, 3.63) is 42.0 Å². The molecule has 1 rings (SSSR count). The van der Waals surface area contributed by atoms with Crippen molar-refractivity contribution in [2.24, 2.45) is 5.41 Å². The standard InChI is InChI=1S/C15H23NO2/c1-3-13-5-7-14(8-6-13)9-16-10-15(4-2,11-17)12-18/h3,5-8,16-18H,1,4,9-12H2,2H3. The molecule has 0 fully saturated rings. The van der Waals surface area contributed by atoms with Crippen LogP contribution in [0, 0.1) is 5.41 Å². The third-order valence-corrected chi connectivity index (χ3v) is 3.47. The molecule has 0 unspecified atom stereocenters. The summed E-state index contributed by atoms with van der Waals surface area (Å²) in [4.78, 5) is 0. The number of rotatable bonds is 8. The van der Waals surface area contributed by atoms with Crippen LogP contribution in [0.3, 0.4) is 0 Å². The SMILES string of the molecule is C=Cc1ccc(CNCC(CC)(CO)CO)cc1. The molecule has 3 nitrogen and oxygen atoms in total. The number of hydrogen-bond acceptors (Lipinski definition) is 3. The van der Waals surface area contributed by atoms with E-state index in [0.29, 0.717) is 6.54 Å². The molecule has 0 atom stereocenters. The highest BCUT2D eigenvalue weighted by Gasteiger charge is 2.25. The summed E-state index contributed by atoms with van der Waals surface area (Å²) >= 11 is 0. The molecular formula is C15H23NO2. The van der Waals surface area contributed by atoms with Gasteiger partial charge in [0.2, 0.25) is 0 Å². The Balaban J connectivity index is 2.47. The molecule has 0 amide bonds. The van der Waals surface area contributed by atoms with Gasteiger partial charge in [-0.2, -0.15) is 0 Å². The molecule has 0 bridgehead atoms. The van der Waals surface area contributed by atoms with Crippen LogP contribution in [0.25, 0.3) is 6.08 Å². The van der Waals surface area contributed by atoms with Crippen molar-refractivity contribution in [3.63, 3.8) is 0 Å². The Morgan fingerprint density at radius 3 is 2.28 bits per heavy atom. The monoisotopic (exact) mass is 249 g/mol. The Kier molecular flexibility index (Phi) is 6.05. The van der Waals surface area contributed by atoms with Gasteiger partial charge in [0.05, 0.1) is 13.2 Å². The number of aliphatic hydroxyl groups is 2. The smallest absolute Gasteiger partial charge is 0.0521 e. The van der Waals surface area contributed by atoms with Crippen molar-refractivity contribution in [2.45, 2.75) is 19.9 Å². The molecule has 100 valence electrons. The van der Waals surface area contributed by atoms with Crippen molar-refractivity contribution in [1.82, 2.24) is 5.32 Å². The molecule has 0 spiro atoms. The lowest BCUT2D eigenvalue weighted by atomic mass is 9.87. The van der Waals surface area contributed by atoms with Crippen LogP contribution in [0.2, 0.25) is 0 Å². The van der Waals surface area contributed by atoms with Gasteiger partial charge in [-0.25, -0.2) is 0 Å². The van der Waals surface area contributed by atoms with Gasteiger partial charge < -0.3 is 15.5 Å². The first-order valence-corrected chi connectivity index (χ1v) is 6.33. The Morgan fingerprint density at radius 2 is 1.83 bits per heavy atom. The topological polar surface area (TPSA) is 52.5 Å². The number of hydrogen-bond donors (Lipinski definition) is 3. The van der Waals surface area contributed by atoms with Gasteiger partial charge in [0.25, 0.3) is 0 Å². The van der Waals surface area contributed by atoms with Crippen LogP contribution < -0.4 is 5.32 Å². The summed E-state index contributed by atoms with van der Waals surface area (Å²) in [5.41, 5.74) is 1.87. The quantitative estimate of drug-likeness (QED) is 0.658. The molecule has 0 aliphatic rings. The summed E-state index contributed by atoms with van der Waals surface area (Å²) in [5.74, 6) is 0. The van der Waals surface area contributed by atoms with E-state index in [-0.39, 0.29) is 13.2 Å². The van der Waals surface area contributed by atoms with Gasteiger partial charge in [0, 0.05) is 18.5 Å². The van der Waals surface area contributed by atoms with Crippen molar-refractivity contribution >= 4 is 6.08 Å². The predicted octanol–water partition coefficient (Wildman–Crippen LogP) is 1.80. The van der Waals surface area contributed by atoms with Gasteiger partial charge in [-0.05, 0) is 17.5 Å². The Morgan fingerprint density at radius 1 is 1.22 bits per heavy atom. The molecule has 3 N–H and O–H groups in total. The van der Waals surface area contributed by atoms with Gasteiger partial charge in [0.15, 0.2) is 0 Å². The molecule has 0 aliphatic heterocycles. The summed E-state index contributed by atoms with van der Waals surface area (Å²) in [6.45, 7) is 7.05. The average molecular weight is 249 g/mol. The van der Waals surface area contributed by atoms with Crippen LogP contribution in [0.15, 0.2) is 30.8 Å². The zero-order valence-electron chi connectivity index (χ0n) is 11.0. The van der Waals surface area contributed by atoms with E-state index in [2.05, 4.69) is 24.0 Å². The Bertz CT molecular complexity index is 347. The van der Waals surface area contributed by atoms with Crippen molar-refractivity contribution in [1.29, 1.82) is 0 Å². The number of benzene rings is 1. The normalized spacial score (nSPS) is 11.5. The molecule has 18 heavy (non-hydrogen) atoms. The van der Waals surface area contributed by atoms with Gasteiger partial charge in [0.1, 0.15) is 0 Å². The summed E-state index contributed by atoms with van der Waals surface area (Å²) in [7, 11) is 0. The summed E-state index contributed by atoms with van der Waals surface area (Å²) in [6, 6.07) is 8.15. The van der Waals surface area contributed by atoms with Gasteiger partial charge in [-0.3, -0.25) is 0 Å². The highest BCUT2D eigenvalue weighted by Crippen LogP contribution is 2.19. The zero-order valence-corrected chi connectivity index (χ0v) is 11.0. The lowest BCUT2D eigenvalue weighted by Gasteiger charge is -2.28. The largest absolute Gasteiger partial charge is 0.396 e. The molecule has 0 aliphatic carbocycles. The fourth-order valence-corrected chi connectivity index (χ4v) is 1.75. The fourth-order valence-electron chi connectivity index (χ4n) is 1.75. The maximum absolute atomic E-state index is 9.33. The van der Waals surface area contributed by atoms with Crippen LogP contribution in [0.5, 0.6) is 0 Å². The molecule has 0 saturated carbocycles. The molecule has 1 aromatic rings. The molecule has 1 aromatic carbocycles. The van der Waals surface area contributed by atoms with E-state index in [1.165, 1.54) is 5.56 Å². The minimum absolute atomic E-state index is 0.00238. The average Bonchev–Trinajstić information content (AvgIpc) is 2.45. The minimum atomic E-state index is -0.416. The van der Waals surface area contributed by atoms with E-state index < -0.39 is 5.41 Å². The third-order valence-electron chi connectivity index (χ3n) is 3.47. The Labute approximate surface area is 109 Å². The molecule has 0 aromatic heterocycles. The van der Waals surface area contributed by atoms with Crippen LogP contribution in [-0.4, -0.2) is 30.0 Å². The fraction of sp³-hybridized carbons (Fsp3) is 0.467. The van der Waals surface area contributed by atoms with E-state index in [1.807, 2.05) is 25.1 Å². The van der Waals surface area contributed by atoms with E-state index >= 15 is 0 Å². The first kappa shape index (κ1) is 14.9. The van der Waals surface area contributed by atoms with Crippen molar-refractivity contribution < 1.29 is 10.2 Å². The van der Waals surface area contributed by atoms with E-state index in [1.54, 1.807) is 0 Å². The predicted molar refractivity (Wildman–Crippen MR) is 75.1 cm³/mol. The van der Waals surface area contributed by atoms with Gasteiger partial charge in [-0.1, -0.05) is 43.8 Å². The van der Waals surface area contributed by atoms with Crippen molar-refractivity contribution in [2.75, 3.05) is 19.8 Å². The maximum Gasteiger partial charge on any atom is 0.0521 e. The maximum atomic E-state index is 9.33. The second-order valence-corrected chi connectivity index (χ2v) is 4.72. The summed E-state index contributed by atoms with van der Waals surface area (Å²) in [6.07, 6.45) is 2.57. The second-order valence-electron chi connectivity index (χ2n) is 4.72. The number of aliphatic hydroxyl groups excluding tert-OH is 2. The van der Waals surface area contributed by atoms with Gasteiger partial charge in [-0.15, -0.1) is 0 Å². The summed E-state index contributed by atoms with van der Waals surface area (Å²) < 4.78 is 0. The Hall–Kier alpha value is -1.16. The van der Waals surface area contributed by atoms with Crippen LogP contribution >= 0.6 is 0 Å². The van der Waals surface area contributed by atoms with Crippen LogP contribution in [-0.2, 0) is 6.54 Å².